The van der Waals surface area contributed by atoms with Gasteiger partial charge in [0, 0.05) is 37.7 Å². The summed E-state index contributed by atoms with van der Waals surface area (Å²) in [5.41, 5.74) is 3.01. The highest BCUT2D eigenvalue weighted by atomic mass is 32.1. The highest BCUT2D eigenvalue weighted by molar-refractivity contribution is 7.21. The molecule has 190 valence electrons. The quantitative estimate of drug-likeness (QED) is 0.374. The number of nitrogens with zero attached hydrogens (tertiary/aromatic N) is 5. The van der Waals surface area contributed by atoms with E-state index in [9.17, 15) is 14.4 Å². The maximum Gasteiger partial charge on any atom is 0.331 e. The average Bonchev–Trinajstić information content (AvgIpc) is 3.33. The molecule has 0 aromatic carbocycles. The van der Waals surface area contributed by atoms with Crippen molar-refractivity contribution in [2.24, 2.45) is 0 Å². The molecule has 38 heavy (non-hydrogen) atoms. The van der Waals surface area contributed by atoms with Gasteiger partial charge in [0.25, 0.3) is 5.91 Å². The second kappa shape index (κ2) is 9.67. The molecule has 0 aliphatic carbocycles. The second-order valence-corrected chi connectivity index (χ2v) is 10.00. The van der Waals surface area contributed by atoms with Crippen molar-refractivity contribution in [3.63, 3.8) is 0 Å². The Morgan fingerprint density at radius 3 is 2.76 bits per heavy atom. The van der Waals surface area contributed by atoms with Gasteiger partial charge in [-0.05, 0) is 49.2 Å². The lowest BCUT2D eigenvalue weighted by atomic mass is 10.1. The van der Waals surface area contributed by atoms with Crippen LogP contribution < -0.4 is 15.5 Å². The number of anilines is 3. The maximum absolute atomic E-state index is 13.4. The number of hydrogen-bond donors (Lipinski definition) is 2. The van der Waals surface area contributed by atoms with Gasteiger partial charge in [-0.1, -0.05) is 12.6 Å². The van der Waals surface area contributed by atoms with Crippen LogP contribution in [0.5, 0.6) is 0 Å². The summed E-state index contributed by atoms with van der Waals surface area (Å²) in [7, 11) is 0. The number of amides is 4. The normalized spacial score (nSPS) is 16.7. The predicted octanol–water partition coefficient (Wildman–Crippen LogP) is 4.34. The van der Waals surface area contributed by atoms with Crippen molar-refractivity contribution in [2.75, 3.05) is 23.3 Å². The zero-order valence-corrected chi connectivity index (χ0v) is 21.1. The minimum absolute atomic E-state index is 0.149. The molecular weight excluding hydrogens is 502 g/mol. The van der Waals surface area contributed by atoms with E-state index in [0.717, 1.165) is 12.8 Å². The number of nitrogens with one attached hydrogen (secondary N) is 2. The van der Waals surface area contributed by atoms with Gasteiger partial charge in [0.05, 0.1) is 33.8 Å². The molecule has 2 N–H and O–H groups in total. The molecule has 1 atom stereocenters. The van der Waals surface area contributed by atoms with E-state index in [1.807, 2.05) is 18.2 Å². The van der Waals surface area contributed by atoms with Crippen molar-refractivity contribution in [3.8, 4) is 11.4 Å². The van der Waals surface area contributed by atoms with Crippen LogP contribution in [0.15, 0.2) is 67.6 Å². The van der Waals surface area contributed by atoms with Crippen LogP contribution in [-0.4, -0.2) is 56.8 Å². The van der Waals surface area contributed by atoms with Gasteiger partial charge in [0.15, 0.2) is 0 Å². The van der Waals surface area contributed by atoms with Crippen LogP contribution in [0, 0.1) is 0 Å². The fourth-order valence-corrected chi connectivity index (χ4v) is 5.91. The predicted molar refractivity (Wildman–Crippen MR) is 146 cm³/mol. The average molecular weight is 526 g/mol. The van der Waals surface area contributed by atoms with Crippen LogP contribution in [0.4, 0.5) is 21.9 Å². The summed E-state index contributed by atoms with van der Waals surface area (Å²) < 4.78 is 0. The SMILES string of the molecule is C=CC(=O)N1CCCC(NC(=O)c2sc3nccc4c3c2NC(=O)N4c2ccnc(-c3ccccn3)c2)C1. The lowest BCUT2D eigenvalue weighted by Crippen LogP contribution is -2.49. The van der Waals surface area contributed by atoms with Crippen molar-refractivity contribution in [1.82, 2.24) is 25.2 Å². The third kappa shape index (κ3) is 4.16. The Hall–Kier alpha value is -4.64. The highest BCUT2D eigenvalue weighted by Gasteiger charge is 2.34. The molecule has 1 unspecified atom stereocenters. The Kier molecular flexibility index (Phi) is 6.04. The molecule has 2 aliphatic rings. The van der Waals surface area contributed by atoms with Gasteiger partial charge in [0.1, 0.15) is 9.71 Å². The number of piperidine rings is 1. The van der Waals surface area contributed by atoms with E-state index < -0.39 is 6.03 Å². The summed E-state index contributed by atoms with van der Waals surface area (Å²) in [6.45, 7) is 4.61. The Morgan fingerprint density at radius 2 is 1.95 bits per heavy atom. The molecule has 1 fully saturated rings. The summed E-state index contributed by atoms with van der Waals surface area (Å²) in [6.07, 6.45) is 7.79. The van der Waals surface area contributed by atoms with Crippen LogP contribution in [0.1, 0.15) is 22.5 Å². The molecule has 11 heteroatoms. The number of likely N-dealkylation sites (tertiary alicyclic amines) is 1. The highest BCUT2D eigenvalue weighted by Crippen LogP contribution is 2.45. The number of hydrogen-bond acceptors (Lipinski definition) is 7. The first-order valence-corrected chi connectivity index (χ1v) is 13.0. The largest absolute Gasteiger partial charge is 0.347 e. The Labute approximate surface area is 222 Å². The first kappa shape index (κ1) is 23.7. The van der Waals surface area contributed by atoms with Gasteiger partial charge < -0.3 is 15.5 Å². The van der Waals surface area contributed by atoms with Crippen LogP contribution in [-0.2, 0) is 4.79 Å². The molecule has 2 aliphatic heterocycles. The molecule has 6 heterocycles. The van der Waals surface area contributed by atoms with E-state index in [0.29, 0.717) is 56.6 Å². The Balaban J connectivity index is 1.33. The van der Waals surface area contributed by atoms with E-state index in [1.54, 1.807) is 46.6 Å². The number of rotatable bonds is 5. The lowest BCUT2D eigenvalue weighted by molar-refractivity contribution is -0.127. The molecule has 4 aromatic heterocycles. The second-order valence-electron chi connectivity index (χ2n) is 9.00. The molecular formula is C27H23N7O3S. The van der Waals surface area contributed by atoms with Gasteiger partial charge in [-0.15, -0.1) is 11.3 Å². The fourth-order valence-electron chi connectivity index (χ4n) is 4.89. The zero-order chi connectivity index (χ0) is 26.2. The topological polar surface area (TPSA) is 120 Å². The minimum Gasteiger partial charge on any atom is -0.347 e. The first-order chi connectivity index (χ1) is 18.5. The van der Waals surface area contributed by atoms with Gasteiger partial charge in [0.2, 0.25) is 5.91 Å². The monoisotopic (exact) mass is 525 g/mol. The van der Waals surface area contributed by atoms with Crippen LogP contribution in [0.25, 0.3) is 21.6 Å². The molecule has 0 bridgehead atoms. The Morgan fingerprint density at radius 1 is 1.11 bits per heavy atom. The smallest absolute Gasteiger partial charge is 0.331 e. The molecule has 6 rings (SSSR count). The molecule has 0 radical (unpaired) electrons. The standard InChI is InChI=1S/C27H23N7O3S/c1-2-21(35)33-13-5-6-16(15-33)31-25(36)24-23-22-20(9-12-30-26(22)38-24)34(27(37)32-23)17-8-11-29-19(14-17)18-7-3-4-10-28-18/h2-4,7-12,14,16H,1,5-6,13,15H2,(H,31,36)(H,32,37). The van der Waals surface area contributed by atoms with Crippen molar-refractivity contribution < 1.29 is 14.4 Å². The number of thiophene rings is 1. The minimum atomic E-state index is -0.393. The number of pyridine rings is 3. The van der Waals surface area contributed by atoms with Gasteiger partial charge >= 0.3 is 6.03 Å². The molecule has 0 saturated carbocycles. The molecule has 0 spiro atoms. The van der Waals surface area contributed by atoms with Crippen molar-refractivity contribution in [1.29, 1.82) is 0 Å². The van der Waals surface area contributed by atoms with E-state index in [2.05, 4.69) is 32.2 Å². The van der Waals surface area contributed by atoms with Gasteiger partial charge in [-0.2, -0.15) is 0 Å². The van der Waals surface area contributed by atoms with Crippen LogP contribution >= 0.6 is 11.3 Å². The van der Waals surface area contributed by atoms with Crippen molar-refractivity contribution >= 4 is 56.5 Å². The van der Waals surface area contributed by atoms with Gasteiger partial charge in [-0.3, -0.25) is 24.5 Å². The van der Waals surface area contributed by atoms with E-state index >= 15 is 0 Å². The van der Waals surface area contributed by atoms with Crippen molar-refractivity contribution in [3.05, 3.63) is 72.5 Å². The summed E-state index contributed by atoms with van der Waals surface area (Å²) in [6, 6.07) is 10.3. The fraction of sp³-hybridized carbons (Fsp3) is 0.185. The van der Waals surface area contributed by atoms with E-state index in [4.69, 9.17) is 0 Å². The number of carbonyl (C=O) groups excluding carboxylic acids is 3. The molecule has 10 nitrogen and oxygen atoms in total. The Bertz CT molecular complexity index is 1590. The lowest BCUT2D eigenvalue weighted by Gasteiger charge is -2.32. The number of aromatic nitrogens is 3. The third-order valence-electron chi connectivity index (χ3n) is 6.62. The summed E-state index contributed by atoms with van der Waals surface area (Å²) in [5.74, 6) is -0.452. The number of urea groups is 1. The maximum atomic E-state index is 13.4. The summed E-state index contributed by atoms with van der Waals surface area (Å²) >= 11 is 1.23. The zero-order valence-electron chi connectivity index (χ0n) is 20.3. The molecule has 4 aromatic rings. The van der Waals surface area contributed by atoms with Crippen molar-refractivity contribution in [2.45, 2.75) is 18.9 Å². The number of carbonyl (C=O) groups is 3. The third-order valence-corrected chi connectivity index (χ3v) is 7.72. The summed E-state index contributed by atoms with van der Waals surface area (Å²) in [5, 5.41) is 6.66. The summed E-state index contributed by atoms with van der Waals surface area (Å²) in [4.78, 5) is 56.4. The van der Waals surface area contributed by atoms with E-state index in [1.165, 1.54) is 17.4 Å². The first-order valence-electron chi connectivity index (χ1n) is 12.2. The van der Waals surface area contributed by atoms with Crippen LogP contribution in [0.3, 0.4) is 0 Å². The van der Waals surface area contributed by atoms with Gasteiger partial charge in [-0.25, -0.2) is 9.78 Å². The molecule has 4 amide bonds. The van der Waals surface area contributed by atoms with Crippen LogP contribution in [0.2, 0.25) is 0 Å². The molecule has 1 saturated heterocycles. The van der Waals surface area contributed by atoms with E-state index in [-0.39, 0.29) is 17.9 Å².